The molecule has 0 unspecified atom stereocenters. The lowest BCUT2D eigenvalue weighted by molar-refractivity contribution is -0.682. The molecule has 0 aromatic heterocycles. The van der Waals surface area contributed by atoms with Crippen LogP contribution in [0.1, 0.15) is 28.9 Å². The molecule has 0 heterocycles. The lowest BCUT2D eigenvalue weighted by Gasteiger charge is -2.13. The zero-order valence-corrected chi connectivity index (χ0v) is 15.4. The third-order valence-electron chi connectivity index (χ3n) is 3.72. The first-order chi connectivity index (χ1) is 11.9. The van der Waals surface area contributed by atoms with Crippen molar-refractivity contribution in [1.82, 2.24) is 0 Å². The molecule has 0 aliphatic carbocycles. The summed E-state index contributed by atoms with van der Waals surface area (Å²) in [5.74, 6) is -0.727. The highest BCUT2D eigenvalue weighted by molar-refractivity contribution is 6.35. The summed E-state index contributed by atoms with van der Waals surface area (Å²) in [7, 11) is 1.30. The lowest BCUT2D eigenvalue weighted by atomic mass is 10.1. The van der Waals surface area contributed by atoms with Crippen molar-refractivity contribution in [1.29, 1.82) is 0 Å². The van der Waals surface area contributed by atoms with E-state index in [9.17, 15) is 9.59 Å². The van der Waals surface area contributed by atoms with Crippen molar-refractivity contribution in [2.75, 3.05) is 19.0 Å². The smallest absolute Gasteiger partial charge is 0.339 e. The Labute approximate surface area is 156 Å². The summed E-state index contributed by atoms with van der Waals surface area (Å²) in [4.78, 5) is 23.9. The molecule has 1 amide bonds. The van der Waals surface area contributed by atoms with Gasteiger partial charge in [-0.1, -0.05) is 41.4 Å². The molecule has 2 rings (SSSR count). The van der Waals surface area contributed by atoms with Gasteiger partial charge in [0, 0.05) is 10.6 Å². The molecule has 5 nitrogen and oxygen atoms in total. The van der Waals surface area contributed by atoms with Gasteiger partial charge < -0.3 is 15.4 Å². The molecular formula is C18H19Cl2N2O3+. The number of methoxy groups -OCH3 is 1. The molecule has 25 heavy (non-hydrogen) atoms. The second-order valence-corrected chi connectivity index (χ2v) is 6.32. The summed E-state index contributed by atoms with van der Waals surface area (Å²) in [6.45, 7) is 2.13. The van der Waals surface area contributed by atoms with Gasteiger partial charge in [0.2, 0.25) is 0 Å². The SMILES string of the molecule is COC(=O)c1ccccc1NC(=O)C[NH2+][C@@H](C)c1ccc(Cl)cc1Cl. The number of nitrogens with two attached hydrogens (primary N) is 1. The molecule has 132 valence electrons. The van der Waals surface area contributed by atoms with Crippen LogP contribution in [-0.4, -0.2) is 25.5 Å². The molecular weight excluding hydrogens is 363 g/mol. The molecule has 0 spiro atoms. The largest absolute Gasteiger partial charge is 0.465 e. The number of nitrogens with one attached hydrogen (secondary N) is 1. The second kappa shape index (κ2) is 8.85. The van der Waals surface area contributed by atoms with E-state index < -0.39 is 5.97 Å². The minimum atomic E-state index is -0.499. The van der Waals surface area contributed by atoms with Crippen LogP contribution < -0.4 is 10.6 Å². The highest BCUT2D eigenvalue weighted by Crippen LogP contribution is 2.24. The van der Waals surface area contributed by atoms with E-state index in [0.29, 0.717) is 21.3 Å². The van der Waals surface area contributed by atoms with E-state index in [0.717, 1.165) is 5.56 Å². The van der Waals surface area contributed by atoms with Crippen LogP contribution in [0.4, 0.5) is 5.69 Å². The van der Waals surface area contributed by atoms with E-state index in [1.807, 2.05) is 18.3 Å². The average Bonchev–Trinajstić information content (AvgIpc) is 2.59. The standard InChI is InChI=1S/C18H18Cl2N2O3/c1-11(13-8-7-12(19)9-15(13)20)21-10-17(23)22-16-6-4-3-5-14(16)18(24)25-2/h3-9,11,21H,10H2,1-2H3,(H,22,23)/p+1/t11-/m0/s1. The van der Waals surface area contributed by atoms with Crippen LogP contribution >= 0.6 is 23.2 Å². The fourth-order valence-corrected chi connectivity index (χ4v) is 2.94. The molecule has 2 aromatic carbocycles. The number of ether oxygens (including phenoxy) is 1. The van der Waals surface area contributed by atoms with Crippen LogP contribution in [0.2, 0.25) is 10.0 Å². The highest BCUT2D eigenvalue weighted by Gasteiger charge is 2.17. The predicted molar refractivity (Wildman–Crippen MR) is 98.1 cm³/mol. The van der Waals surface area contributed by atoms with Crippen molar-refractivity contribution < 1.29 is 19.6 Å². The van der Waals surface area contributed by atoms with Gasteiger partial charge in [-0.3, -0.25) is 4.79 Å². The van der Waals surface area contributed by atoms with Crippen LogP contribution in [0.3, 0.4) is 0 Å². The average molecular weight is 382 g/mol. The van der Waals surface area contributed by atoms with Gasteiger partial charge in [0.15, 0.2) is 6.54 Å². The van der Waals surface area contributed by atoms with Gasteiger partial charge in [-0.05, 0) is 31.2 Å². The van der Waals surface area contributed by atoms with Crippen LogP contribution in [0, 0.1) is 0 Å². The van der Waals surface area contributed by atoms with Crippen LogP contribution in [-0.2, 0) is 9.53 Å². The highest BCUT2D eigenvalue weighted by atomic mass is 35.5. The molecule has 2 aromatic rings. The van der Waals surface area contributed by atoms with Gasteiger partial charge in [-0.25, -0.2) is 4.79 Å². The number of amides is 1. The number of quaternary nitrogens is 1. The summed E-state index contributed by atoms with van der Waals surface area (Å²) in [5, 5.41) is 5.71. The maximum atomic E-state index is 12.2. The van der Waals surface area contributed by atoms with Gasteiger partial charge >= 0.3 is 5.97 Å². The number of para-hydroxylation sites is 1. The molecule has 0 aliphatic heterocycles. The Morgan fingerprint density at radius 3 is 2.60 bits per heavy atom. The Balaban J connectivity index is 1.98. The fourth-order valence-electron chi connectivity index (χ4n) is 2.36. The molecule has 0 radical (unpaired) electrons. The molecule has 3 N–H and O–H groups in total. The van der Waals surface area contributed by atoms with E-state index >= 15 is 0 Å². The Morgan fingerprint density at radius 2 is 1.92 bits per heavy atom. The molecule has 0 aliphatic rings. The van der Waals surface area contributed by atoms with Gasteiger partial charge in [-0.2, -0.15) is 0 Å². The molecule has 0 fully saturated rings. The predicted octanol–water partition coefficient (Wildman–Crippen LogP) is 3.04. The maximum Gasteiger partial charge on any atom is 0.339 e. The number of benzene rings is 2. The number of carbonyl (C=O) groups excluding carboxylic acids is 2. The summed E-state index contributed by atoms with van der Waals surface area (Å²) in [6.07, 6.45) is 0. The number of hydrogen-bond donors (Lipinski definition) is 2. The van der Waals surface area contributed by atoms with Crippen LogP contribution in [0.25, 0.3) is 0 Å². The minimum Gasteiger partial charge on any atom is -0.465 e. The summed E-state index contributed by atoms with van der Waals surface area (Å²) in [6, 6.07) is 12.0. The number of carbonyl (C=O) groups is 2. The summed E-state index contributed by atoms with van der Waals surface area (Å²) in [5.41, 5.74) is 1.63. The summed E-state index contributed by atoms with van der Waals surface area (Å²) < 4.78 is 4.71. The molecule has 0 bridgehead atoms. The summed E-state index contributed by atoms with van der Waals surface area (Å²) >= 11 is 12.1. The molecule has 0 saturated heterocycles. The van der Waals surface area contributed by atoms with Gasteiger partial charge in [0.05, 0.1) is 23.4 Å². The van der Waals surface area contributed by atoms with Crippen LogP contribution in [0.15, 0.2) is 42.5 Å². The first kappa shape index (κ1) is 19.2. The monoisotopic (exact) mass is 381 g/mol. The zero-order chi connectivity index (χ0) is 18.4. The van der Waals surface area contributed by atoms with Crippen molar-refractivity contribution in [2.45, 2.75) is 13.0 Å². The third kappa shape index (κ3) is 5.19. The Kier molecular flexibility index (Phi) is 6.82. The van der Waals surface area contributed by atoms with Gasteiger partial charge in [0.25, 0.3) is 5.91 Å². The van der Waals surface area contributed by atoms with E-state index in [-0.39, 0.29) is 18.5 Å². The Morgan fingerprint density at radius 1 is 1.20 bits per heavy atom. The van der Waals surface area contributed by atoms with Gasteiger partial charge in [-0.15, -0.1) is 0 Å². The Bertz CT molecular complexity index is 781. The molecule has 1 atom stereocenters. The van der Waals surface area contributed by atoms with Crippen molar-refractivity contribution in [3.05, 3.63) is 63.6 Å². The normalized spacial score (nSPS) is 11.7. The quantitative estimate of drug-likeness (QED) is 0.755. The van der Waals surface area contributed by atoms with E-state index in [1.165, 1.54) is 7.11 Å². The number of esters is 1. The number of hydrogen-bond acceptors (Lipinski definition) is 3. The van der Waals surface area contributed by atoms with Crippen molar-refractivity contribution in [3.63, 3.8) is 0 Å². The zero-order valence-electron chi connectivity index (χ0n) is 13.9. The van der Waals surface area contributed by atoms with E-state index in [2.05, 4.69) is 5.32 Å². The van der Waals surface area contributed by atoms with Crippen molar-refractivity contribution >= 4 is 40.8 Å². The number of rotatable bonds is 6. The van der Waals surface area contributed by atoms with Crippen molar-refractivity contribution in [2.24, 2.45) is 0 Å². The van der Waals surface area contributed by atoms with E-state index in [1.54, 1.807) is 36.4 Å². The molecule has 0 saturated carbocycles. The number of halogens is 2. The van der Waals surface area contributed by atoms with E-state index in [4.69, 9.17) is 27.9 Å². The molecule has 7 heteroatoms. The lowest BCUT2D eigenvalue weighted by Crippen LogP contribution is -2.86. The number of anilines is 1. The minimum absolute atomic E-state index is 0.0219. The van der Waals surface area contributed by atoms with Gasteiger partial charge in [0.1, 0.15) is 6.04 Å². The maximum absolute atomic E-state index is 12.2. The topological polar surface area (TPSA) is 72.0 Å². The van der Waals surface area contributed by atoms with Crippen LogP contribution in [0.5, 0.6) is 0 Å². The third-order valence-corrected chi connectivity index (χ3v) is 4.28. The first-order valence-corrected chi connectivity index (χ1v) is 8.43. The van der Waals surface area contributed by atoms with Crippen molar-refractivity contribution in [3.8, 4) is 0 Å². The Hall–Kier alpha value is -2.08. The fraction of sp³-hybridized carbons (Fsp3) is 0.222. The first-order valence-electron chi connectivity index (χ1n) is 7.68. The second-order valence-electron chi connectivity index (χ2n) is 5.48.